The average molecular weight is 120 g/mol. The molecule has 46 valence electrons. The molecule has 1 aromatic carbocycles. The van der Waals surface area contributed by atoms with E-state index in [1.54, 1.807) is 0 Å². The maximum atomic E-state index is 8.69. The van der Waals surface area contributed by atoms with Crippen LogP contribution >= 0.6 is 0 Å². The highest BCUT2D eigenvalue weighted by atomic mass is 16.3. The molecule has 0 amide bonds. The van der Waals surface area contributed by atoms with Gasteiger partial charge in [0.1, 0.15) is 0 Å². The lowest BCUT2D eigenvalue weighted by atomic mass is 10.2. The number of aliphatic hydroxyl groups excluding tert-OH is 1. The Morgan fingerprint density at radius 2 is 2.22 bits per heavy atom. The number of benzene rings is 1. The summed E-state index contributed by atoms with van der Waals surface area (Å²) < 4.78 is 0. The molecule has 0 spiro atoms. The minimum absolute atomic E-state index is 0.174. The monoisotopic (exact) mass is 120 g/mol. The molecule has 1 aliphatic rings. The van der Waals surface area contributed by atoms with Gasteiger partial charge in [0, 0.05) is 0 Å². The molecule has 1 N–H and O–H groups in total. The van der Waals surface area contributed by atoms with Crippen molar-refractivity contribution in [2.24, 2.45) is 0 Å². The van der Waals surface area contributed by atoms with Crippen molar-refractivity contribution in [3.05, 3.63) is 34.9 Å². The summed E-state index contributed by atoms with van der Waals surface area (Å²) in [5.74, 6) is 0. The van der Waals surface area contributed by atoms with Crippen LogP contribution in [0.25, 0.3) is 0 Å². The quantitative estimate of drug-likeness (QED) is 0.597. The molecule has 0 aromatic heterocycles. The topological polar surface area (TPSA) is 20.2 Å². The number of aliphatic hydroxyl groups is 1. The molecule has 9 heavy (non-hydrogen) atoms. The Morgan fingerprint density at radius 1 is 1.33 bits per heavy atom. The molecule has 2 rings (SSSR count). The molecule has 0 bridgehead atoms. The zero-order valence-electron chi connectivity index (χ0n) is 5.09. The first-order valence-corrected chi connectivity index (χ1v) is 3.11. The second-order valence-corrected chi connectivity index (χ2v) is 2.44. The van der Waals surface area contributed by atoms with Crippen LogP contribution in [0, 0.1) is 0 Å². The second-order valence-electron chi connectivity index (χ2n) is 2.44. The van der Waals surface area contributed by atoms with E-state index in [2.05, 4.69) is 12.1 Å². The normalized spacial score (nSPS) is 13.0. The SMILES string of the molecule is OCc1ccc2c(c1)C2. The lowest BCUT2D eigenvalue weighted by Crippen LogP contribution is -1.78. The van der Waals surface area contributed by atoms with E-state index in [0.717, 1.165) is 12.0 Å². The van der Waals surface area contributed by atoms with Gasteiger partial charge in [-0.25, -0.2) is 0 Å². The molecule has 0 unspecified atom stereocenters. The first-order chi connectivity index (χ1) is 4.40. The van der Waals surface area contributed by atoms with Gasteiger partial charge in [0.05, 0.1) is 6.61 Å². The van der Waals surface area contributed by atoms with Crippen LogP contribution in [0.3, 0.4) is 0 Å². The smallest absolute Gasteiger partial charge is 0.0681 e. The Kier molecular flexibility index (Phi) is 0.878. The van der Waals surface area contributed by atoms with Gasteiger partial charge < -0.3 is 5.11 Å². The van der Waals surface area contributed by atoms with Gasteiger partial charge in [-0.15, -0.1) is 0 Å². The Morgan fingerprint density at radius 3 is 2.89 bits per heavy atom. The van der Waals surface area contributed by atoms with Crippen LogP contribution in [0.2, 0.25) is 0 Å². The predicted octanol–water partition coefficient (Wildman–Crippen LogP) is 1.08. The highest BCUT2D eigenvalue weighted by Crippen LogP contribution is 2.27. The van der Waals surface area contributed by atoms with Crippen LogP contribution in [-0.4, -0.2) is 5.11 Å². The van der Waals surface area contributed by atoms with E-state index in [0.29, 0.717) is 0 Å². The lowest BCUT2D eigenvalue weighted by molar-refractivity contribution is 0.282. The predicted molar refractivity (Wildman–Crippen MR) is 35.2 cm³/mol. The number of hydrogen-bond acceptors (Lipinski definition) is 1. The van der Waals surface area contributed by atoms with Crippen LogP contribution in [0.1, 0.15) is 16.7 Å². The lowest BCUT2D eigenvalue weighted by Gasteiger charge is -1.88. The van der Waals surface area contributed by atoms with Gasteiger partial charge in [0.15, 0.2) is 0 Å². The minimum atomic E-state index is 0.174. The van der Waals surface area contributed by atoms with Crippen molar-refractivity contribution < 1.29 is 5.11 Å². The number of hydrogen-bond donors (Lipinski definition) is 1. The maximum absolute atomic E-state index is 8.69. The molecular weight excluding hydrogens is 112 g/mol. The van der Waals surface area contributed by atoms with Crippen molar-refractivity contribution in [3.63, 3.8) is 0 Å². The summed E-state index contributed by atoms with van der Waals surface area (Å²) in [6, 6.07) is 6.13. The Hall–Kier alpha value is -0.820. The zero-order valence-corrected chi connectivity index (χ0v) is 5.09. The summed E-state index contributed by atoms with van der Waals surface area (Å²) in [5, 5.41) is 8.69. The minimum Gasteiger partial charge on any atom is -0.392 e. The van der Waals surface area contributed by atoms with E-state index in [-0.39, 0.29) is 6.61 Å². The number of fused-ring (bicyclic) bond motifs is 1. The van der Waals surface area contributed by atoms with Crippen molar-refractivity contribution >= 4 is 0 Å². The van der Waals surface area contributed by atoms with Gasteiger partial charge in [0.2, 0.25) is 0 Å². The van der Waals surface area contributed by atoms with Crippen LogP contribution in [-0.2, 0) is 13.0 Å². The molecule has 0 heterocycles. The summed E-state index contributed by atoms with van der Waals surface area (Å²) >= 11 is 0. The van der Waals surface area contributed by atoms with Crippen LogP contribution in [0.5, 0.6) is 0 Å². The van der Waals surface area contributed by atoms with Gasteiger partial charge in [-0.2, -0.15) is 0 Å². The molecular formula is C8H8O. The standard InChI is InChI=1S/C8H8O/c9-5-6-1-2-7-4-8(7)3-6/h1-3,9H,4-5H2. The zero-order chi connectivity index (χ0) is 6.27. The van der Waals surface area contributed by atoms with Crippen LogP contribution < -0.4 is 0 Å². The highest BCUT2D eigenvalue weighted by Gasteiger charge is 2.14. The summed E-state index contributed by atoms with van der Waals surface area (Å²) in [5.41, 5.74) is 3.88. The molecule has 0 fully saturated rings. The molecule has 0 atom stereocenters. The number of rotatable bonds is 1. The Bertz CT molecular complexity index is 240. The van der Waals surface area contributed by atoms with E-state index < -0.39 is 0 Å². The summed E-state index contributed by atoms with van der Waals surface area (Å²) in [6.45, 7) is 0.174. The molecule has 1 aliphatic carbocycles. The van der Waals surface area contributed by atoms with E-state index in [4.69, 9.17) is 5.11 Å². The largest absolute Gasteiger partial charge is 0.392 e. The van der Waals surface area contributed by atoms with Gasteiger partial charge in [0.25, 0.3) is 0 Å². The third-order valence-electron chi connectivity index (χ3n) is 1.71. The summed E-state index contributed by atoms with van der Waals surface area (Å²) in [6.07, 6.45) is 1.14. The molecule has 0 saturated heterocycles. The van der Waals surface area contributed by atoms with Gasteiger partial charge >= 0.3 is 0 Å². The second kappa shape index (κ2) is 1.58. The first kappa shape index (κ1) is 5.00. The van der Waals surface area contributed by atoms with Gasteiger partial charge in [-0.3, -0.25) is 0 Å². The summed E-state index contributed by atoms with van der Waals surface area (Å²) in [4.78, 5) is 0. The fourth-order valence-corrected chi connectivity index (χ4v) is 1.05. The van der Waals surface area contributed by atoms with E-state index in [9.17, 15) is 0 Å². The fourth-order valence-electron chi connectivity index (χ4n) is 1.05. The molecule has 1 heteroatoms. The van der Waals surface area contributed by atoms with Crippen LogP contribution in [0.4, 0.5) is 0 Å². The maximum Gasteiger partial charge on any atom is 0.0681 e. The third kappa shape index (κ3) is 0.736. The molecule has 0 saturated carbocycles. The van der Waals surface area contributed by atoms with Crippen LogP contribution in [0.15, 0.2) is 18.2 Å². The average Bonchev–Trinajstić information content (AvgIpc) is 2.64. The van der Waals surface area contributed by atoms with Crippen molar-refractivity contribution in [1.29, 1.82) is 0 Å². The van der Waals surface area contributed by atoms with E-state index in [1.165, 1.54) is 11.1 Å². The fraction of sp³-hybridized carbons (Fsp3) is 0.250. The van der Waals surface area contributed by atoms with Crippen molar-refractivity contribution in [1.82, 2.24) is 0 Å². The molecule has 1 nitrogen and oxygen atoms in total. The van der Waals surface area contributed by atoms with Gasteiger partial charge in [-0.1, -0.05) is 18.2 Å². The third-order valence-corrected chi connectivity index (χ3v) is 1.71. The molecule has 1 aromatic rings. The molecule has 0 aliphatic heterocycles. The van der Waals surface area contributed by atoms with E-state index >= 15 is 0 Å². The van der Waals surface area contributed by atoms with Crippen molar-refractivity contribution in [2.75, 3.05) is 0 Å². The van der Waals surface area contributed by atoms with Crippen molar-refractivity contribution in [2.45, 2.75) is 13.0 Å². The van der Waals surface area contributed by atoms with Gasteiger partial charge in [-0.05, 0) is 23.1 Å². The summed E-state index contributed by atoms with van der Waals surface area (Å²) in [7, 11) is 0. The Labute approximate surface area is 53.9 Å². The highest BCUT2D eigenvalue weighted by molar-refractivity contribution is 5.46. The molecule has 0 radical (unpaired) electrons. The first-order valence-electron chi connectivity index (χ1n) is 3.11. The Balaban J connectivity index is 2.44. The van der Waals surface area contributed by atoms with E-state index in [1.807, 2.05) is 6.07 Å². The van der Waals surface area contributed by atoms with Crippen molar-refractivity contribution in [3.8, 4) is 0 Å².